The van der Waals surface area contributed by atoms with Gasteiger partial charge in [-0.25, -0.2) is 0 Å². The van der Waals surface area contributed by atoms with Crippen molar-refractivity contribution in [2.45, 2.75) is 88.2 Å². The van der Waals surface area contributed by atoms with Crippen molar-refractivity contribution >= 4 is 36.5 Å². The van der Waals surface area contributed by atoms with Crippen LogP contribution >= 0.6 is 0 Å². The van der Waals surface area contributed by atoms with Crippen LogP contribution in [0.15, 0.2) is 138 Å². The number of aliphatic hydroxyl groups is 1. The third kappa shape index (κ3) is 19.4. The van der Waals surface area contributed by atoms with Crippen LogP contribution in [0.1, 0.15) is 117 Å². The third-order valence-corrected chi connectivity index (χ3v) is 11.7. The second kappa shape index (κ2) is 29.4. The molecule has 0 saturated carbocycles. The van der Waals surface area contributed by atoms with Gasteiger partial charge in [0, 0.05) is 23.3 Å². The number of phenolic OH excluding ortho intramolecular Hbond substituents is 8. The molecule has 0 heterocycles. The van der Waals surface area contributed by atoms with Gasteiger partial charge in [-0.3, -0.25) is 0 Å². The van der Waals surface area contributed by atoms with E-state index in [0.717, 1.165) is 62.1 Å². The smallest absolute Gasteiger partial charge is 0.161 e. The Morgan fingerprint density at radius 2 is 0.855 bits per heavy atom. The van der Waals surface area contributed by atoms with Crippen LogP contribution in [-0.4, -0.2) is 59.7 Å². The zero-order chi connectivity index (χ0) is 56.1. The van der Waals surface area contributed by atoms with E-state index in [-0.39, 0.29) is 52.6 Å². The molecule has 11 heteroatoms. The average Bonchev–Trinajstić information content (AvgIpc) is 3.35. The summed E-state index contributed by atoms with van der Waals surface area (Å²) in [7, 11) is 1.49. The molecule has 0 saturated heterocycles. The minimum atomic E-state index is -0.186. The van der Waals surface area contributed by atoms with Gasteiger partial charge in [0.2, 0.25) is 0 Å². The van der Waals surface area contributed by atoms with Crippen LogP contribution in [0.3, 0.4) is 0 Å². The van der Waals surface area contributed by atoms with Gasteiger partial charge in [-0.2, -0.15) is 0 Å². The zero-order valence-electron chi connectivity index (χ0n) is 45.3. The minimum Gasteiger partial charge on any atom is -0.508 e. The van der Waals surface area contributed by atoms with Crippen molar-refractivity contribution in [3.8, 4) is 57.5 Å². The number of benzene rings is 6. The number of rotatable bonds is 17. The van der Waals surface area contributed by atoms with Crippen molar-refractivity contribution in [2.24, 2.45) is 0 Å². The predicted molar refractivity (Wildman–Crippen MR) is 310 cm³/mol. The van der Waals surface area contributed by atoms with Crippen molar-refractivity contribution in [3.63, 3.8) is 0 Å². The molecule has 400 valence electrons. The van der Waals surface area contributed by atoms with E-state index in [1.807, 2.05) is 103 Å². The van der Waals surface area contributed by atoms with E-state index in [2.05, 4.69) is 26.0 Å². The lowest BCUT2D eigenvalue weighted by molar-refractivity contribution is 0.280. The summed E-state index contributed by atoms with van der Waals surface area (Å²) in [6, 6.07) is 24.7. The summed E-state index contributed by atoms with van der Waals surface area (Å²) in [5.41, 5.74) is 13.9. The Morgan fingerprint density at radius 1 is 0.408 bits per heavy atom. The highest BCUT2D eigenvalue weighted by molar-refractivity contribution is 5.76. The molecule has 0 radical (unpaired) electrons. The van der Waals surface area contributed by atoms with Crippen molar-refractivity contribution in [3.05, 3.63) is 199 Å². The van der Waals surface area contributed by atoms with Gasteiger partial charge in [0.1, 0.15) is 41.1 Å². The largest absolute Gasteiger partial charge is 0.508 e. The number of hydrogen-bond donors (Lipinski definition) is 9. The molecule has 6 rings (SSSR count). The molecule has 0 aliphatic heterocycles. The van der Waals surface area contributed by atoms with E-state index in [1.165, 1.54) is 42.0 Å². The summed E-state index contributed by atoms with van der Waals surface area (Å²) < 4.78 is 11.0. The second-order valence-corrected chi connectivity index (χ2v) is 19.1. The Hall–Kier alpha value is -8.54. The summed E-state index contributed by atoms with van der Waals surface area (Å²) in [5.74, 6) is 1.43. The molecule has 0 aliphatic carbocycles. The number of ether oxygens (including phenoxy) is 2. The molecule has 0 amide bonds. The maximum absolute atomic E-state index is 10.2. The van der Waals surface area contributed by atoms with Gasteiger partial charge in [-0.15, -0.1) is 0 Å². The number of allylic oxidation sites excluding steroid dienone is 7. The van der Waals surface area contributed by atoms with Gasteiger partial charge < -0.3 is 55.4 Å². The molecule has 76 heavy (non-hydrogen) atoms. The molecule has 0 unspecified atom stereocenters. The Balaban J connectivity index is 0.000000247. The lowest BCUT2D eigenvalue weighted by Crippen LogP contribution is -2.00. The minimum absolute atomic E-state index is 0.0105. The average molecular weight is 1030 g/mol. The maximum atomic E-state index is 10.2. The zero-order valence-corrected chi connectivity index (χ0v) is 45.3. The van der Waals surface area contributed by atoms with E-state index < -0.39 is 0 Å². The molecular weight excluding hydrogens is 957 g/mol. The maximum Gasteiger partial charge on any atom is 0.161 e. The molecule has 6 aromatic carbocycles. The van der Waals surface area contributed by atoms with Crippen LogP contribution in [0.25, 0.3) is 36.5 Å². The van der Waals surface area contributed by atoms with Crippen LogP contribution < -0.4 is 9.47 Å². The molecular formula is C65H74O11. The van der Waals surface area contributed by atoms with Gasteiger partial charge >= 0.3 is 0 Å². The van der Waals surface area contributed by atoms with Gasteiger partial charge in [-0.05, 0) is 198 Å². The van der Waals surface area contributed by atoms with E-state index in [9.17, 15) is 46.0 Å². The number of aromatic hydroxyl groups is 8. The number of aryl methyl sites for hydroxylation is 1. The standard InChI is InChI=1S/C25H30O3.2C20H22O4/c1-17(2)6-10-23-21(9-7-20-8-11-24(27)19(5)14-20)15-22(26)16-25(23)28-13-12-18(3)4;1-13(2)4-8-17-15(11-16(21)12-19(17)23)7-5-14-6-9-18(22)20(10-14)24-3;1-13(2)3-7-18-15(10-17(22)11-16(18)12-21)6-4-14-5-8-19(23)20(24)9-14/h6-9,11-12,14-16,26-27H,10,13H2,1-5H3;4-7,9-12,21-23H,8H2,1-3H3;3-6,8-11,21-24H,7,12H2,1-2H3/b9-7+;7-5+;6-4+. The summed E-state index contributed by atoms with van der Waals surface area (Å²) in [4.78, 5) is 0. The van der Waals surface area contributed by atoms with Crippen LogP contribution in [0.2, 0.25) is 0 Å². The quantitative estimate of drug-likeness (QED) is 0.0239. The fourth-order valence-corrected chi connectivity index (χ4v) is 7.46. The van der Waals surface area contributed by atoms with Crippen LogP contribution in [0.5, 0.6) is 57.5 Å². The predicted octanol–water partition coefficient (Wildman–Crippen LogP) is 14.9. The third-order valence-electron chi connectivity index (χ3n) is 11.7. The van der Waals surface area contributed by atoms with Crippen molar-refractivity contribution < 1.29 is 55.4 Å². The fraction of sp³-hybridized carbons (Fsp3) is 0.231. The summed E-state index contributed by atoms with van der Waals surface area (Å²) in [6.07, 6.45) is 21.4. The molecule has 0 atom stereocenters. The second-order valence-electron chi connectivity index (χ2n) is 19.1. The highest BCUT2D eigenvalue weighted by atomic mass is 16.5. The molecule has 0 aromatic heterocycles. The van der Waals surface area contributed by atoms with Gasteiger partial charge in [0.25, 0.3) is 0 Å². The van der Waals surface area contributed by atoms with Crippen molar-refractivity contribution in [1.29, 1.82) is 0 Å². The first-order valence-electron chi connectivity index (χ1n) is 24.8. The molecule has 0 bridgehead atoms. The summed E-state index contributed by atoms with van der Waals surface area (Å²) in [6.45, 7) is 18.4. The first-order chi connectivity index (χ1) is 36.1. The summed E-state index contributed by atoms with van der Waals surface area (Å²) >= 11 is 0. The lowest BCUT2D eigenvalue weighted by atomic mass is 9.96. The van der Waals surface area contributed by atoms with Gasteiger partial charge in [0.05, 0.1) is 13.7 Å². The van der Waals surface area contributed by atoms with Crippen molar-refractivity contribution in [2.75, 3.05) is 13.7 Å². The number of phenols is 8. The van der Waals surface area contributed by atoms with E-state index >= 15 is 0 Å². The first kappa shape index (κ1) is 60.0. The Labute approximate surface area is 448 Å². The van der Waals surface area contributed by atoms with Crippen LogP contribution in [0, 0.1) is 6.92 Å². The molecule has 9 N–H and O–H groups in total. The van der Waals surface area contributed by atoms with Crippen molar-refractivity contribution in [1.82, 2.24) is 0 Å². The summed E-state index contributed by atoms with van der Waals surface area (Å²) in [5, 5.41) is 87.8. The Bertz CT molecular complexity index is 3150. The van der Waals surface area contributed by atoms with E-state index in [4.69, 9.17) is 9.47 Å². The van der Waals surface area contributed by atoms with E-state index in [1.54, 1.807) is 66.7 Å². The molecule has 6 aromatic rings. The highest BCUT2D eigenvalue weighted by Crippen LogP contribution is 2.34. The number of hydrogen-bond acceptors (Lipinski definition) is 11. The van der Waals surface area contributed by atoms with E-state index in [0.29, 0.717) is 42.1 Å². The first-order valence-corrected chi connectivity index (χ1v) is 24.8. The number of aliphatic hydroxyl groups excluding tert-OH is 1. The molecule has 0 spiro atoms. The van der Waals surface area contributed by atoms with Crippen LogP contribution in [-0.2, 0) is 25.9 Å². The fourth-order valence-electron chi connectivity index (χ4n) is 7.46. The Morgan fingerprint density at radius 3 is 1.37 bits per heavy atom. The van der Waals surface area contributed by atoms with Gasteiger partial charge in [-0.1, -0.05) is 95.2 Å². The molecule has 11 nitrogen and oxygen atoms in total. The molecule has 0 fully saturated rings. The number of methoxy groups -OCH3 is 1. The van der Waals surface area contributed by atoms with Crippen LogP contribution in [0.4, 0.5) is 0 Å². The topological polar surface area (TPSA) is 201 Å². The molecule has 0 aliphatic rings. The van der Waals surface area contributed by atoms with Gasteiger partial charge in [0.15, 0.2) is 23.0 Å². The Kier molecular flexibility index (Phi) is 23.2. The normalized spacial score (nSPS) is 10.8. The highest BCUT2D eigenvalue weighted by Gasteiger charge is 2.12. The monoisotopic (exact) mass is 1030 g/mol. The SMILES string of the molecule is CC(C)=CCOc1cc(O)cc(/C=C/c2ccc(O)c(C)c2)c1CC=C(C)C.CC(C)=CCc1c(/C=C/c2ccc(O)c(O)c2)cc(O)cc1CO.COc1cc(/C=C/c2cc(O)cc(O)c2CC=C(C)C)ccc1O. The lowest BCUT2D eigenvalue weighted by Gasteiger charge is -2.14.